The zero-order chi connectivity index (χ0) is 35.7. The molecule has 0 fully saturated rings. The lowest BCUT2D eigenvalue weighted by Crippen LogP contribution is -2.47. The highest BCUT2D eigenvalue weighted by Crippen LogP contribution is 2.29. The first-order chi connectivity index (χ1) is 23.4. The number of nitrogens with zero attached hydrogens (tertiary/aromatic N) is 3. The zero-order valence-corrected chi connectivity index (χ0v) is 29.2. The summed E-state index contributed by atoms with van der Waals surface area (Å²) in [5, 5.41) is 28.9. The second-order valence-electron chi connectivity index (χ2n) is 13.0. The second-order valence-corrected chi connectivity index (χ2v) is 13.0. The lowest BCUT2D eigenvalue weighted by molar-refractivity contribution is -0.0177. The van der Waals surface area contributed by atoms with E-state index in [4.69, 9.17) is 14.0 Å². The maximum absolute atomic E-state index is 14.4. The number of aromatic carboxylic acids is 1. The summed E-state index contributed by atoms with van der Waals surface area (Å²) in [4.78, 5) is 42.3. The van der Waals surface area contributed by atoms with Crippen molar-refractivity contribution >= 4 is 29.3 Å². The van der Waals surface area contributed by atoms with Gasteiger partial charge in [0.25, 0.3) is 5.91 Å². The van der Waals surface area contributed by atoms with Crippen molar-refractivity contribution < 1.29 is 38.6 Å². The van der Waals surface area contributed by atoms with Gasteiger partial charge in [-0.3, -0.25) is 9.69 Å². The number of aryl methyl sites for hydroxylation is 2. The fraction of sp³-hybridized carbons (Fsp3) is 0.500. The normalized spacial score (nSPS) is 19.8. The van der Waals surface area contributed by atoms with E-state index in [1.165, 1.54) is 0 Å². The first-order valence-corrected chi connectivity index (χ1v) is 16.7. The third-order valence-electron chi connectivity index (χ3n) is 8.73. The van der Waals surface area contributed by atoms with E-state index in [1.54, 1.807) is 56.0 Å². The summed E-state index contributed by atoms with van der Waals surface area (Å²) in [6.45, 7) is 11.0. The average Bonchev–Trinajstić information content (AvgIpc) is 3.38. The predicted octanol–water partition coefficient (Wildman–Crippen LogP) is 5.56. The van der Waals surface area contributed by atoms with Crippen LogP contribution in [0.5, 0.6) is 5.75 Å². The van der Waals surface area contributed by atoms with Gasteiger partial charge in [0.15, 0.2) is 5.76 Å². The molecule has 266 valence electrons. The van der Waals surface area contributed by atoms with Gasteiger partial charge in [-0.25, -0.2) is 9.59 Å². The Morgan fingerprint density at radius 3 is 2.49 bits per heavy atom. The Labute approximate surface area is 287 Å². The van der Waals surface area contributed by atoms with Crippen molar-refractivity contribution in [2.45, 2.75) is 78.7 Å². The molecule has 4 N–H and O–H groups in total. The number of carboxylic acid groups (broad SMARTS) is 1. The molecule has 0 radical (unpaired) electrons. The number of anilines is 2. The number of nitrogens with one attached hydrogen (secondary N) is 2. The Bertz CT molecular complexity index is 1560. The van der Waals surface area contributed by atoms with E-state index in [2.05, 4.69) is 20.7 Å². The maximum atomic E-state index is 14.4. The monoisotopic (exact) mass is 679 g/mol. The number of rotatable bonds is 9. The Hall–Kier alpha value is -4.46. The van der Waals surface area contributed by atoms with Crippen molar-refractivity contribution in [3.63, 3.8) is 0 Å². The maximum Gasteiger partial charge on any atom is 0.335 e. The van der Waals surface area contributed by atoms with Crippen LogP contribution in [-0.2, 0) is 11.3 Å². The molecule has 0 saturated carbocycles. The molecule has 13 nitrogen and oxygen atoms in total. The minimum Gasteiger partial charge on any atom is -0.490 e. The first-order valence-electron chi connectivity index (χ1n) is 16.7. The fourth-order valence-corrected chi connectivity index (χ4v) is 5.84. The first kappa shape index (κ1) is 37.4. The molecule has 0 spiro atoms. The molecule has 49 heavy (non-hydrogen) atoms. The van der Waals surface area contributed by atoms with Crippen molar-refractivity contribution in [1.29, 1.82) is 0 Å². The van der Waals surface area contributed by atoms with Crippen molar-refractivity contribution in [1.82, 2.24) is 15.0 Å². The summed E-state index contributed by atoms with van der Waals surface area (Å²) in [7, 11) is 1.98. The minimum atomic E-state index is -0.965. The molecule has 0 bridgehead atoms. The number of carbonyl (C=O) groups is 3. The molecule has 0 unspecified atom stereocenters. The third kappa shape index (κ3) is 10.3. The number of aromatic nitrogens is 1. The molecule has 3 amide bonds. The zero-order valence-electron chi connectivity index (χ0n) is 29.2. The molecule has 13 heteroatoms. The number of urea groups is 1. The highest BCUT2D eigenvalue weighted by Gasteiger charge is 2.30. The van der Waals surface area contributed by atoms with Crippen molar-refractivity contribution in [3.05, 3.63) is 70.6 Å². The Kier molecular flexibility index (Phi) is 13.2. The Balaban J connectivity index is 1.58. The number of aliphatic hydroxyl groups is 1. The van der Waals surface area contributed by atoms with Gasteiger partial charge >= 0.3 is 12.0 Å². The van der Waals surface area contributed by atoms with Gasteiger partial charge in [0.05, 0.1) is 36.0 Å². The van der Waals surface area contributed by atoms with Gasteiger partial charge in [0.1, 0.15) is 17.1 Å². The molecule has 1 aliphatic rings. The van der Waals surface area contributed by atoms with Crippen LogP contribution in [0.25, 0.3) is 0 Å². The van der Waals surface area contributed by atoms with Crippen LogP contribution in [0.3, 0.4) is 0 Å². The van der Waals surface area contributed by atoms with E-state index in [-0.39, 0.29) is 41.8 Å². The van der Waals surface area contributed by atoms with Crippen LogP contribution in [0, 0.1) is 19.8 Å². The second kappa shape index (κ2) is 17.3. The number of hydrogen-bond acceptors (Lipinski definition) is 9. The number of hydrogen-bond donors (Lipinski definition) is 4. The molecule has 1 aromatic heterocycles. The molecule has 2 aromatic carbocycles. The van der Waals surface area contributed by atoms with E-state index in [0.717, 1.165) is 24.8 Å². The Morgan fingerprint density at radius 2 is 1.84 bits per heavy atom. The summed E-state index contributed by atoms with van der Waals surface area (Å²) >= 11 is 0. The lowest BCUT2D eigenvalue weighted by Gasteiger charge is -2.36. The van der Waals surface area contributed by atoms with Crippen LogP contribution in [0.2, 0.25) is 0 Å². The van der Waals surface area contributed by atoms with E-state index in [0.29, 0.717) is 54.8 Å². The van der Waals surface area contributed by atoms with Crippen LogP contribution in [-0.4, -0.2) is 94.7 Å². The molecule has 0 saturated heterocycles. The number of carboxylic acids is 1. The molecular formula is C36H49N5O8. The molecule has 2 heterocycles. The van der Waals surface area contributed by atoms with Crippen LogP contribution < -0.4 is 15.4 Å². The Morgan fingerprint density at radius 1 is 1.10 bits per heavy atom. The third-order valence-corrected chi connectivity index (χ3v) is 8.73. The van der Waals surface area contributed by atoms with Gasteiger partial charge in [-0.15, -0.1) is 0 Å². The van der Waals surface area contributed by atoms with Gasteiger partial charge < -0.3 is 39.7 Å². The molecule has 0 aliphatic carbocycles. The number of amides is 3. The van der Waals surface area contributed by atoms with Gasteiger partial charge in [0, 0.05) is 37.8 Å². The smallest absolute Gasteiger partial charge is 0.335 e. The lowest BCUT2D eigenvalue weighted by atomic mass is 10.0. The van der Waals surface area contributed by atoms with Crippen LogP contribution in [0.15, 0.2) is 47.0 Å². The minimum absolute atomic E-state index is 0.122. The summed E-state index contributed by atoms with van der Waals surface area (Å²) < 4.78 is 17.9. The fourth-order valence-electron chi connectivity index (χ4n) is 5.84. The average molecular weight is 680 g/mol. The quantitative estimate of drug-likeness (QED) is 0.225. The van der Waals surface area contributed by atoms with Crippen molar-refractivity contribution in [2.24, 2.45) is 5.92 Å². The SMILES string of the molecule is Cc1noc(C)c1NC(=O)Nc1ccc2c(c1)C(=O)N([C@H](C)CO)C[C@@H](C)[C@H](CN(C)Cc1ccc(C(=O)O)cc1)OCCCC[C@H](C)O2. The van der Waals surface area contributed by atoms with E-state index >= 15 is 0 Å². The largest absolute Gasteiger partial charge is 0.490 e. The van der Waals surface area contributed by atoms with Gasteiger partial charge in [0.2, 0.25) is 0 Å². The highest BCUT2D eigenvalue weighted by molar-refractivity contribution is 6.03. The van der Waals surface area contributed by atoms with Crippen LogP contribution in [0.1, 0.15) is 77.8 Å². The number of aliphatic hydroxyl groups excluding tert-OH is 1. The summed E-state index contributed by atoms with van der Waals surface area (Å²) in [5.74, 6) is -0.556. The van der Waals surface area contributed by atoms with E-state index in [1.807, 2.05) is 33.0 Å². The molecule has 1 aliphatic heterocycles. The predicted molar refractivity (Wildman–Crippen MR) is 185 cm³/mol. The summed E-state index contributed by atoms with van der Waals surface area (Å²) in [6.07, 6.45) is 2.03. The van der Waals surface area contributed by atoms with Gasteiger partial charge in [-0.05, 0) is 89.9 Å². The summed E-state index contributed by atoms with van der Waals surface area (Å²) in [6, 6.07) is 10.8. The van der Waals surface area contributed by atoms with Crippen molar-refractivity contribution in [3.8, 4) is 5.75 Å². The van der Waals surface area contributed by atoms with Crippen LogP contribution >= 0.6 is 0 Å². The number of fused-ring (bicyclic) bond motifs is 1. The van der Waals surface area contributed by atoms with Crippen LogP contribution in [0.4, 0.5) is 16.2 Å². The number of ether oxygens (including phenoxy) is 2. The topological polar surface area (TPSA) is 167 Å². The number of benzene rings is 2. The van der Waals surface area contributed by atoms with E-state index < -0.39 is 18.0 Å². The number of carbonyl (C=O) groups excluding carboxylic acids is 2. The molecular weight excluding hydrogens is 630 g/mol. The van der Waals surface area contributed by atoms with Gasteiger partial charge in [-0.2, -0.15) is 0 Å². The standard InChI is InChI=1S/C36H49N5O8/c1-22-18-41(23(2)21-42)34(43)30-17-29(37-36(46)38-33-25(4)39-49-26(33)5)14-15-31(30)48-24(3)9-7-8-16-47-32(22)20-40(6)19-27-10-12-28(13-11-27)35(44)45/h10-15,17,22-24,32,42H,7-9,16,18-21H2,1-6H3,(H,44,45)(H2,37,38,46)/t22-,23-,24+,32+/m1/s1. The molecule has 3 aromatic rings. The van der Waals surface area contributed by atoms with Crippen molar-refractivity contribution in [2.75, 3.05) is 44.0 Å². The highest BCUT2D eigenvalue weighted by atomic mass is 16.5. The van der Waals surface area contributed by atoms with Gasteiger partial charge in [-0.1, -0.05) is 24.2 Å². The molecule has 4 atom stereocenters. The summed E-state index contributed by atoms with van der Waals surface area (Å²) in [5.41, 5.74) is 2.88. The van der Waals surface area contributed by atoms with E-state index in [9.17, 15) is 24.6 Å². The molecule has 4 rings (SSSR count). The number of likely N-dealkylation sites (N-methyl/N-ethyl adjacent to an activating group) is 1.